The van der Waals surface area contributed by atoms with Gasteiger partial charge in [-0.3, -0.25) is 4.79 Å². The van der Waals surface area contributed by atoms with Crippen molar-refractivity contribution < 1.29 is 18.0 Å². The molecule has 0 aromatic carbocycles. The Kier molecular flexibility index (Phi) is 6.56. The van der Waals surface area contributed by atoms with Gasteiger partial charge >= 0.3 is 6.18 Å². The van der Waals surface area contributed by atoms with Gasteiger partial charge in [-0.05, 0) is 20.0 Å². The van der Waals surface area contributed by atoms with E-state index in [2.05, 4.69) is 0 Å². The average Bonchev–Trinajstić information content (AvgIpc) is 2.13. The Hall–Kier alpha value is -0.580. The number of Topliss-reactive ketones (excluding diaryl/α,β-unsaturated/α-hetero) is 1. The molecule has 0 amide bonds. The fraction of sp³-hybridized carbons (Fsp3) is 0.900. The zero-order chi connectivity index (χ0) is 11.9. The average molecular weight is 225 g/mol. The van der Waals surface area contributed by atoms with Gasteiger partial charge in [0, 0.05) is 19.4 Å². The Morgan fingerprint density at radius 1 is 1.27 bits per heavy atom. The van der Waals surface area contributed by atoms with E-state index in [1.54, 1.807) is 18.9 Å². The molecular weight excluding hydrogens is 207 g/mol. The van der Waals surface area contributed by atoms with Crippen LogP contribution >= 0.6 is 0 Å². The molecule has 0 radical (unpaired) electrons. The van der Waals surface area contributed by atoms with Crippen molar-refractivity contribution in [3.63, 3.8) is 0 Å². The van der Waals surface area contributed by atoms with E-state index in [-0.39, 0.29) is 12.3 Å². The van der Waals surface area contributed by atoms with Gasteiger partial charge < -0.3 is 4.90 Å². The topological polar surface area (TPSA) is 20.3 Å². The molecule has 0 atom stereocenters. The first kappa shape index (κ1) is 14.4. The van der Waals surface area contributed by atoms with Crippen LogP contribution in [0.25, 0.3) is 0 Å². The quantitative estimate of drug-likeness (QED) is 0.663. The number of hydrogen-bond donors (Lipinski definition) is 0. The lowest BCUT2D eigenvalue weighted by atomic mass is 10.2. The van der Waals surface area contributed by atoms with Crippen molar-refractivity contribution in [1.29, 1.82) is 0 Å². The minimum atomic E-state index is -4.09. The third kappa shape index (κ3) is 9.72. The minimum absolute atomic E-state index is 0.00379. The second-order valence-corrected chi connectivity index (χ2v) is 3.66. The monoisotopic (exact) mass is 225 g/mol. The lowest BCUT2D eigenvalue weighted by Gasteiger charge is -2.17. The maximum atomic E-state index is 11.8. The van der Waals surface area contributed by atoms with E-state index >= 15 is 0 Å². The molecular formula is C10H18F3NO. The molecule has 0 aliphatic heterocycles. The van der Waals surface area contributed by atoms with Crippen LogP contribution in [0, 0.1) is 0 Å². The van der Waals surface area contributed by atoms with Crippen molar-refractivity contribution in [1.82, 2.24) is 4.90 Å². The molecule has 0 bridgehead atoms. The van der Waals surface area contributed by atoms with E-state index < -0.39 is 12.6 Å². The highest BCUT2D eigenvalue weighted by molar-refractivity contribution is 5.77. The lowest BCUT2D eigenvalue weighted by Crippen LogP contribution is -2.25. The molecule has 0 aliphatic carbocycles. The van der Waals surface area contributed by atoms with Crippen LogP contribution in [0.4, 0.5) is 13.2 Å². The largest absolute Gasteiger partial charge is 0.390 e. The second-order valence-electron chi connectivity index (χ2n) is 3.66. The number of rotatable bonds is 7. The predicted molar refractivity (Wildman–Crippen MR) is 52.7 cm³/mol. The highest BCUT2D eigenvalue weighted by Crippen LogP contribution is 2.19. The summed E-state index contributed by atoms with van der Waals surface area (Å²) in [7, 11) is 1.64. The zero-order valence-corrected chi connectivity index (χ0v) is 9.23. The maximum absolute atomic E-state index is 11.8. The molecule has 0 fully saturated rings. The van der Waals surface area contributed by atoms with Crippen LogP contribution in [0.1, 0.15) is 32.6 Å². The second kappa shape index (κ2) is 6.82. The molecule has 5 heteroatoms. The summed E-state index contributed by atoms with van der Waals surface area (Å²) < 4.78 is 35.5. The summed E-state index contributed by atoms with van der Waals surface area (Å²) in [6.07, 6.45) is -3.27. The highest BCUT2D eigenvalue weighted by Gasteiger charge is 2.26. The molecule has 0 aliphatic rings. The van der Waals surface area contributed by atoms with E-state index in [1.807, 2.05) is 0 Å². The predicted octanol–water partition coefficient (Wildman–Crippen LogP) is 2.63. The number of alkyl halides is 3. The number of carbonyl (C=O) groups excluding carboxylic acids is 1. The fourth-order valence-electron chi connectivity index (χ4n) is 1.15. The van der Waals surface area contributed by atoms with Crippen molar-refractivity contribution in [2.45, 2.75) is 38.8 Å². The first-order valence-electron chi connectivity index (χ1n) is 5.12. The first-order valence-corrected chi connectivity index (χ1v) is 5.12. The van der Waals surface area contributed by atoms with Gasteiger partial charge in [0.25, 0.3) is 0 Å². The van der Waals surface area contributed by atoms with Gasteiger partial charge in [0.2, 0.25) is 0 Å². The summed E-state index contributed by atoms with van der Waals surface area (Å²) in [4.78, 5) is 12.5. The molecule has 0 unspecified atom stereocenters. The molecule has 0 saturated carbocycles. The van der Waals surface area contributed by atoms with Gasteiger partial charge in [-0.15, -0.1) is 0 Å². The Bertz CT molecular complexity index is 192. The Balaban J connectivity index is 3.49. The van der Waals surface area contributed by atoms with Crippen LogP contribution in [0.5, 0.6) is 0 Å². The zero-order valence-electron chi connectivity index (χ0n) is 9.23. The van der Waals surface area contributed by atoms with Gasteiger partial charge in [-0.1, -0.05) is 6.92 Å². The van der Waals surface area contributed by atoms with E-state index in [4.69, 9.17) is 0 Å². The molecule has 0 spiro atoms. The molecule has 0 aromatic heterocycles. The van der Waals surface area contributed by atoms with Crippen LogP contribution < -0.4 is 0 Å². The molecule has 0 aromatic rings. The molecule has 0 N–H and O–H groups in total. The van der Waals surface area contributed by atoms with E-state index in [0.29, 0.717) is 25.8 Å². The molecule has 90 valence electrons. The normalized spacial score (nSPS) is 12.1. The SMILES string of the molecule is CCC(=O)CCCN(C)CCC(F)(F)F. The van der Waals surface area contributed by atoms with E-state index in [1.165, 1.54) is 0 Å². The summed E-state index contributed by atoms with van der Waals surface area (Å²) in [5, 5.41) is 0. The van der Waals surface area contributed by atoms with Crippen molar-refractivity contribution in [2.24, 2.45) is 0 Å². The highest BCUT2D eigenvalue weighted by atomic mass is 19.4. The maximum Gasteiger partial charge on any atom is 0.390 e. The third-order valence-electron chi connectivity index (χ3n) is 2.17. The van der Waals surface area contributed by atoms with E-state index in [9.17, 15) is 18.0 Å². The molecule has 15 heavy (non-hydrogen) atoms. The minimum Gasteiger partial charge on any atom is -0.306 e. The van der Waals surface area contributed by atoms with Crippen LogP contribution in [-0.2, 0) is 4.79 Å². The van der Waals surface area contributed by atoms with Gasteiger partial charge in [0.05, 0.1) is 6.42 Å². The van der Waals surface area contributed by atoms with E-state index in [0.717, 1.165) is 0 Å². The lowest BCUT2D eigenvalue weighted by molar-refractivity contribution is -0.137. The molecule has 0 heterocycles. The van der Waals surface area contributed by atoms with Crippen LogP contribution in [0.3, 0.4) is 0 Å². The Labute approximate surface area is 88.4 Å². The van der Waals surface area contributed by atoms with Crippen LogP contribution in [0.2, 0.25) is 0 Å². The van der Waals surface area contributed by atoms with Crippen LogP contribution in [0.15, 0.2) is 0 Å². The number of nitrogens with zero attached hydrogens (tertiary/aromatic N) is 1. The third-order valence-corrected chi connectivity index (χ3v) is 2.17. The van der Waals surface area contributed by atoms with Crippen molar-refractivity contribution >= 4 is 5.78 Å². The number of hydrogen-bond acceptors (Lipinski definition) is 2. The summed E-state index contributed by atoms with van der Waals surface area (Å²) in [5.74, 6) is 0.166. The van der Waals surface area contributed by atoms with Gasteiger partial charge in [-0.2, -0.15) is 13.2 Å². The number of ketones is 1. The first-order chi connectivity index (χ1) is 6.85. The standard InChI is InChI=1S/C10H18F3NO/c1-3-9(15)5-4-7-14(2)8-6-10(11,12)13/h3-8H2,1-2H3. The summed E-state index contributed by atoms with van der Waals surface area (Å²) in [6, 6.07) is 0. The number of carbonyl (C=O) groups is 1. The number of halogens is 3. The fourth-order valence-corrected chi connectivity index (χ4v) is 1.15. The molecule has 2 nitrogen and oxygen atoms in total. The molecule has 0 saturated heterocycles. The summed E-state index contributed by atoms with van der Waals surface area (Å²) >= 11 is 0. The van der Waals surface area contributed by atoms with Crippen molar-refractivity contribution in [2.75, 3.05) is 20.1 Å². The molecule has 0 rings (SSSR count). The Morgan fingerprint density at radius 2 is 1.87 bits per heavy atom. The van der Waals surface area contributed by atoms with Gasteiger partial charge in [0.15, 0.2) is 0 Å². The Morgan fingerprint density at radius 3 is 2.33 bits per heavy atom. The van der Waals surface area contributed by atoms with Crippen molar-refractivity contribution in [3.05, 3.63) is 0 Å². The van der Waals surface area contributed by atoms with Crippen LogP contribution in [-0.4, -0.2) is 37.0 Å². The summed E-state index contributed by atoms with van der Waals surface area (Å²) in [5.41, 5.74) is 0. The summed E-state index contributed by atoms with van der Waals surface area (Å²) in [6.45, 7) is 2.33. The van der Waals surface area contributed by atoms with Gasteiger partial charge in [-0.25, -0.2) is 0 Å². The van der Waals surface area contributed by atoms with Crippen molar-refractivity contribution in [3.8, 4) is 0 Å². The smallest absolute Gasteiger partial charge is 0.306 e. The van der Waals surface area contributed by atoms with Gasteiger partial charge in [0.1, 0.15) is 5.78 Å².